The van der Waals surface area contributed by atoms with Crippen molar-refractivity contribution in [2.75, 3.05) is 20.2 Å². The normalized spacial score (nSPS) is 11.7. The van der Waals surface area contributed by atoms with E-state index in [9.17, 15) is 4.39 Å². The van der Waals surface area contributed by atoms with E-state index in [1.165, 1.54) is 12.1 Å². The van der Waals surface area contributed by atoms with Gasteiger partial charge in [0.1, 0.15) is 11.6 Å². The van der Waals surface area contributed by atoms with Crippen LogP contribution in [0.5, 0.6) is 0 Å². The maximum Gasteiger partial charge on any atom is 0.125 e. The molecule has 0 aliphatic heterocycles. The van der Waals surface area contributed by atoms with Gasteiger partial charge in [0.05, 0.1) is 17.6 Å². The number of aliphatic hydroxyl groups is 1. The lowest BCUT2D eigenvalue weighted by Gasteiger charge is -2.17. The number of aliphatic hydroxyl groups excluding tert-OH is 1. The van der Waals surface area contributed by atoms with Crippen molar-refractivity contribution in [1.29, 1.82) is 0 Å². The van der Waals surface area contributed by atoms with Gasteiger partial charge in [-0.1, -0.05) is 13.3 Å². The number of hydrogen-bond donors (Lipinski definition) is 1. The molecular weight excluding hydrogens is 269 g/mol. The van der Waals surface area contributed by atoms with Gasteiger partial charge in [0.25, 0.3) is 0 Å². The van der Waals surface area contributed by atoms with Crippen LogP contribution in [0.4, 0.5) is 4.39 Å². The number of imidazole rings is 1. The Kier molecular flexibility index (Phi) is 5.70. The first-order valence-electron chi connectivity index (χ1n) is 7.59. The molecule has 1 heterocycles. The molecule has 0 spiro atoms. The molecule has 1 aromatic heterocycles. The summed E-state index contributed by atoms with van der Waals surface area (Å²) in [6.07, 6.45) is 2.99. The van der Waals surface area contributed by atoms with Crippen molar-refractivity contribution in [1.82, 2.24) is 14.5 Å². The molecule has 0 aliphatic rings. The molecule has 2 rings (SSSR count). The molecule has 116 valence electrons. The zero-order valence-electron chi connectivity index (χ0n) is 12.8. The molecule has 0 amide bonds. The third kappa shape index (κ3) is 4.02. The molecule has 0 atom stereocenters. The van der Waals surface area contributed by atoms with Crippen LogP contribution in [0.2, 0.25) is 0 Å². The zero-order valence-corrected chi connectivity index (χ0v) is 12.8. The molecule has 0 fully saturated rings. The minimum atomic E-state index is -0.264. The van der Waals surface area contributed by atoms with E-state index in [-0.39, 0.29) is 12.4 Å². The third-order valence-corrected chi connectivity index (χ3v) is 3.63. The highest BCUT2D eigenvalue weighted by molar-refractivity contribution is 5.76. The average molecular weight is 293 g/mol. The van der Waals surface area contributed by atoms with Crippen LogP contribution in [0.15, 0.2) is 18.2 Å². The summed E-state index contributed by atoms with van der Waals surface area (Å²) in [6, 6.07) is 4.70. The molecule has 0 saturated heterocycles. The van der Waals surface area contributed by atoms with Gasteiger partial charge in [-0.05, 0) is 38.6 Å². The molecule has 0 bridgehead atoms. The summed E-state index contributed by atoms with van der Waals surface area (Å²) in [5.74, 6) is 0.669. The molecule has 0 unspecified atom stereocenters. The first-order chi connectivity index (χ1) is 10.2. The van der Waals surface area contributed by atoms with Gasteiger partial charge in [0, 0.05) is 19.2 Å². The number of fused-ring (bicyclic) bond motifs is 1. The Balaban J connectivity index is 2.27. The lowest BCUT2D eigenvalue weighted by atomic mass is 10.3. The third-order valence-electron chi connectivity index (χ3n) is 3.63. The van der Waals surface area contributed by atoms with Gasteiger partial charge < -0.3 is 9.67 Å². The van der Waals surface area contributed by atoms with Gasteiger partial charge in [0.2, 0.25) is 0 Å². The Bertz CT molecular complexity index is 582. The van der Waals surface area contributed by atoms with Crippen LogP contribution in [0, 0.1) is 5.82 Å². The first kappa shape index (κ1) is 15.9. The van der Waals surface area contributed by atoms with Crippen LogP contribution in [0.25, 0.3) is 11.0 Å². The monoisotopic (exact) mass is 293 g/mol. The molecule has 0 radical (unpaired) electrons. The Morgan fingerprint density at radius 3 is 2.86 bits per heavy atom. The molecule has 1 aromatic carbocycles. The largest absolute Gasteiger partial charge is 0.396 e. The van der Waals surface area contributed by atoms with Gasteiger partial charge >= 0.3 is 0 Å². The fourth-order valence-corrected chi connectivity index (χ4v) is 2.50. The summed E-state index contributed by atoms with van der Waals surface area (Å²) in [6.45, 7) is 4.78. The Hall–Kier alpha value is -1.46. The number of halogens is 1. The fraction of sp³-hybridized carbons (Fsp3) is 0.562. The highest BCUT2D eigenvalue weighted by atomic mass is 19.1. The molecule has 5 heteroatoms. The van der Waals surface area contributed by atoms with E-state index in [4.69, 9.17) is 5.11 Å². The van der Waals surface area contributed by atoms with Crippen molar-refractivity contribution < 1.29 is 9.50 Å². The topological polar surface area (TPSA) is 41.3 Å². The molecule has 0 saturated carbocycles. The number of unbranched alkanes of at least 4 members (excludes halogenated alkanes) is 1. The van der Waals surface area contributed by atoms with Crippen LogP contribution >= 0.6 is 0 Å². The van der Waals surface area contributed by atoms with Crippen molar-refractivity contribution in [3.8, 4) is 0 Å². The van der Waals surface area contributed by atoms with Gasteiger partial charge in [-0.15, -0.1) is 0 Å². The van der Waals surface area contributed by atoms with Crippen molar-refractivity contribution in [2.45, 2.75) is 39.3 Å². The Labute approximate surface area is 125 Å². The highest BCUT2D eigenvalue weighted by Gasteiger charge is 2.12. The van der Waals surface area contributed by atoms with Crippen LogP contribution in [0.3, 0.4) is 0 Å². The van der Waals surface area contributed by atoms with Gasteiger partial charge in [-0.3, -0.25) is 4.90 Å². The minimum absolute atomic E-state index is 0.145. The maximum absolute atomic E-state index is 13.4. The number of rotatable bonds is 8. The van der Waals surface area contributed by atoms with E-state index in [0.717, 1.165) is 37.3 Å². The van der Waals surface area contributed by atoms with Crippen molar-refractivity contribution in [3.63, 3.8) is 0 Å². The Morgan fingerprint density at radius 2 is 2.14 bits per heavy atom. The van der Waals surface area contributed by atoms with E-state index in [2.05, 4.69) is 28.4 Å². The van der Waals surface area contributed by atoms with Crippen molar-refractivity contribution in [2.24, 2.45) is 0 Å². The summed E-state index contributed by atoms with van der Waals surface area (Å²) in [4.78, 5) is 6.81. The van der Waals surface area contributed by atoms with E-state index >= 15 is 0 Å². The van der Waals surface area contributed by atoms with Gasteiger partial charge in [0.15, 0.2) is 0 Å². The summed E-state index contributed by atoms with van der Waals surface area (Å²) in [5, 5.41) is 9.07. The molecular formula is C16H24FN3O. The lowest BCUT2D eigenvalue weighted by Crippen LogP contribution is -2.21. The summed E-state index contributed by atoms with van der Waals surface area (Å²) < 4.78 is 15.4. The van der Waals surface area contributed by atoms with E-state index in [1.807, 2.05) is 0 Å². The Morgan fingerprint density at radius 1 is 1.33 bits per heavy atom. The standard InChI is InChI=1S/C16H24FN3O/c1-3-4-8-19(2)12-16-18-14-11-13(17)6-7-15(14)20(16)9-5-10-21/h6-7,11,21H,3-5,8-10,12H2,1-2H3. The predicted molar refractivity (Wildman–Crippen MR) is 82.6 cm³/mol. The second-order valence-corrected chi connectivity index (χ2v) is 5.48. The van der Waals surface area contributed by atoms with Crippen LogP contribution in [0.1, 0.15) is 32.0 Å². The summed E-state index contributed by atoms with van der Waals surface area (Å²) in [7, 11) is 2.08. The van der Waals surface area contributed by atoms with Crippen molar-refractivity contribution >= 4 is 11.0 Å². The fourth-order valence-electron chi connectivity index (χ4n) is 2.50. The number of aryl methyl sites for hydroxylation is 1. The molecule has 0 aliphatic carbocycles. The minimum Gasteiger partial charge on any atom is -0.396 e. The smallest absolute Gasteiger partial charge is 0.125 e. The number of aromatic nitrogens is 2. The zero-order chi connectivity index (χ0) is 15.2. The van der Waals surface area contributed by atoms with Crippen LogP contribution in [-0.2, 0) is 13.1 Å². The SMILES string of the molecule is CCCCN(C)Cc1nc2cc(F)ccc2n1CCCO. The summed E-state index contributed by atoms with van der Waals surface area (Å²) in [5.41, 5.74) is 1.62. The average Bonchev–Trinajstić information content (AvgIpc) is 2.79. The number of hydrogen-bond acceptors (Lipinski definition) is 3. The van der Waals surface area contributed by atoms with Crippen LogP contribution in [-0.4, -0.2) is 39.8 Å². The highest BCUT2D eigenvalue weighted by Crippen LogP contribution is 2.19. The van der Waals surface area contributed by atoms with E-state index < -0.39 is 0 Å². The van der Waals surface area contributed by atoms with E-state index in [0.29, 0.717) is 18.5 Å². The van der Waals surface area contributed by atoms with E-state index in [1.54, 1.807) is 6.07 Å². The predicted octanol–water partition coefficient (Wildman–Crippen LogP) is 2.79. The number of nitrogens with zero attached hydrogens (tertiary/aromatic N) is 3. The second kappa shape index (κ2) is 7.52. The molecule has 2 aromatic rings. The second-order valence-electron chi connectivity index (χ2n) is 5.48. The molecule has 1 N–H and O–H groups in total. The first-order valence-corrected chi connectivity index (χ1v) is 7.59. The van der Waals surface area contributed by atoms with Crippen LogP contribution < -0.4 is 0 Å². The summed E-state index contributed by atoms with van der Waals surface area (Å²) >= 11 is 0. The number of benzene rings is 1. The molecule has 4 nitrogen and oxygen atoms in total. The maximum atomic E-state index is 13.4. The molecule has 21 heavy (non-hydrogen) atoms. The van der Waals surface area contributed by atoms with Gasteiger partial charge in [-0.2, -0.15) is 0 Å². The van der Waals surface area contributed by atoms with Gasteiger partial charge in [-0.25, -0.2) is 9.37 Å². The van der Waals surface area contributed by atoms with Crippen molar-refractivity contribution in [3.05, 3.63) is 29.8 Å². The lowest BCUT2D eigenvalue weighted by molar-refractivity contribution is 0.275. The quantitative estimate of drug-likeness (QED) is 0.813.